The summed E-state index contributed by atoms with van der Waals surface area (Å²) in [6, 6.07) is 4.32. The van der Waals surface area contributed by atoms with Crippen LogP contribution in [0.5, 0.6) is 0 Å². The van der Waals surface area contributed by atoms with E-state index in [-0.39, 0.29) is 11.7 Å². The Hall–Kier alpha value is -0.650. The third kappa shape index (κ3) is 3.25. The third-order valence-electron chi connectivity index (χ3n) is 1.68. The molecule has 2 nitrogen and oxygen atoms in total. The van der Waals surface area contributed by atoms with Crippen molar-refractivity contribution in [3.05, 3.63) is 35.1 Å². The van der Waals surface area contributed by atoms with Crippen molar-refractivity contribution >= 4 is 28.5 Å². The van der Waals surface area contributed by atoms with Crippen LogP contribution in [0.25, 0.3) is 0 Å². The molecule has 0 atom stereocenters. The Balaban J connectivity index is 2.79. The first-order valence-corrected chi connectivity index (χ1v) is 5.77. The first kappa shape index (κ1) is 11.4. The first-order valence-electron chi connectivity index (χ1n) is 4.25. The van der Waals surface area contributed by atoms with Crippen LogP contribution in [0.3, 0.4) is 0 Å². The molecule has 0 bridgehead atoms. The van der Waals surface area contributed by atoms with Crippen LogP contribution in [0, 0.1) is 12.7 Å². The van der Waals surface area contributed by atoms with E-state index in [1.807, 2.05) is 0 Å². The number of amides is 1. The molecular formula is C10H11FINO. The summed E-state index contributed by atoms with van der Waals surface area (Å²) in [6.45, 7) is 2.37. The molecule has 0 saturated carbocycles. The van der Waals surface area contributed by atoms with E-state index in [1.54, 1.807) is 13.0 Å². The normalized spacial score (nSPS) is 9.93. The van der Waals surface area contributed by atoms with Crippen LogP contribution in [0.15, 0.2) is 18.2 Å². The number of hydrogen-bond donors (Lipinski definition) is 1. The second-order valence-corrected chi connectivity index (χ2v) is 4.04. The summed E-state index contributed by atoms with van der Waals surface area (Å²) in [4.78, 5) is 11.4. The molecule has 14 heavy (non-hydrogen) atoms. The molecule has 0 aromatic heterocycles. The topological polar surface area (TPSA) is 29.1 Å². The molecule has 1 amide bonds. The average molecular weight is 307 g/mol. The minimum Gasteiger partial charge on any atom is -0.351 e. The lowest BCUT2D eigenvalue weighted by molar-refractivity contribution is 0.0956. The number of rotatable bonds is 3. The second-order valence-electron chi connectivity index (χ2n) is 2.96. The van der Waals surface area contributed by atoms with E-state index in [9.17, 15) is 9.18 Å². The molecule has 1 N–H and O–H groups in total. The quantitative estimate of drug-likeness (QED) is 0.674. The Morgan fingerprint density at radius 2 is 2.21 bits per heavy atom. The van der Waals surface area contributed by atoms with Gasteiger partial charge in [0.15, 0.2) is 0 Å². The lowest BCUT2D eigenvalue weighted by Crippen LogP contribution is -2.25. The van der Waals surface area contributed by atoms with Crippen LogP contribution in [-0.2, 0) is 0 Å². The number of benzene rings is 1. The minimum atomic E-state index is -0.371. The van der Waals surface area contributed by atoms with E-state index < -0.39 is 0 Å². The molecule has 4 heteroatoms. The van der Waals surface area contributed by atoms with Crippen molar-refractivity contribution in [2.24, 2.45) is 0 Å². The number of nitrogens with one attached hydrogen (secondary N) is 1. The van der Waals surface area contributed by atoms with Crippen LogP contribution in [0.1, 0.15) is 15.9 Å². The molecule has 0 spiro atoms. The Bertz CT molecular complexity index is 321. The molecule has 0 aliphatic heterocycles. The van der Waals surface area contributed by atoms with E-state index in [2.05, 4.69) is 27.9 Å². The van der Waals surface area contributed by atoms with Crippen molar-refractivity contribution in [2.45, 2.75) is 6.92 Å². The van der Waals surface area contributed by atoms with Gasteiger partial charge in [0.2, 0.25) is 0 Å². The molecule has 1 aromatic rings. The maximum Gasteiger partial charge on any atom is 0.251 e. The number of carbonyl (C=O) groups is 1. The van der Waals surface area contributed by atoms with Gasteiger partial charge in [-0.25, -0.2) is 4.39 Å². The Kier molecular flexibility index (Phi) is 4.31. The van der Waals surface area contributed by atoms with Crippen molar-refractivity contribution in [1.82, 2.24) is 5.32 Å². The number of alkyl halides is 1. The molecule has 0 radical (unpaired) electrons. The lowest BCUT2D eigenvalue weighted by Gasteiger charge is -2.04. The highest BCUT2D eigenvalue weighted by Crippen LogP contribution is 2.07. The van der Waals surface area contributed by atoms with Crippen molar-refractivity contribution < 1.29 is 9.18 Å². The Morgan fingerprint density at radius 1 is 1.50 bits per heavy atom. The third-order valence-corrected chi connectivity index (χ3v) is 2.22. The maximum atomic E-state index is 12.9. The molecule has 1 aromatic carbocycles. The molecular weight excluding hydrogens is 296 g/mol. The monoisotopic (exact) mass is 307 g/mol. The number of hydrogen-bond acceptors (Lipinski definition) is 1. The van der Waals surface area contributed by atoms with Crippen molar-refractivity contribution in [2.75, 3.05) is 11.0 Å². The summed E-state index contributed by atoms with van der Waals surface area (Å²) in [5.41, 5.74) is 1.14. The smallest absolute Gasteiger partial charge is 0.251 e. The van der Waals surface area contributed by atoms with Crippen LogP contribution < -0.4 is 5.32 Å². The summed E-state index contributed by atoms with van der Waals surface area (Å²) in [6.07, 6.45) is 0. The van der Waals surface area contributed by atoms with Gasteiger partial charge in [-0.3, -0.25) is 4.79 Å². The van der Waals surface area contributed by atoms with Crippen molar-refractivity contribution in [1.29, 1.82) is 0 Å². The zero-order valence-corrected chi connectivity index (χ0v) is 9.97. The van der Waals surface area contributed by atoms with Gasteiger partial charge in [0.25, 0.3) is 5.91 Å². The van der Waals surface area contributed by atoms with Crippen LogP contribution >= 0.6 is 22.6 Å². The van der Waals surface area contributed by atoms with Gasteiger partial charge in [0.05, 0.1) is 0 Å². The van der Waals surface area contributed by atoms with Gasteiger partial charge >= 0.3 is 0 Å². The summed E-state index contributed by atoms with van der Waals surface area (Å²) in [7, 11) is 0. The van der Waals surface area contributed by atoms with Gasteiger partial charge in [-0.2, -0.15) is 0 Å². The number of aryl methyl sites for hydroxylation is 1. The molecule has 0 unspecified atom stereocenters. The van der Waals surface area contributed by atoms with Crippen molar-refractivity contribution in [3.8, 4) is 0 Å². The summed E-state index contributed by atoms with van der Waals surface area (Å²) >= 11 is 2.16. The number of carbonyl (C=O) groups excluding carboxylic acids is 1. The van der Waals surface area contributed by atoms with Gasteiger partial charge in [-0.15, -0.1) is 0 Å². The molecule has 76 valence electrons. The molecule has 1 rings (SSSR count). The highest BCUT2D eigenvalue weighted by molar-refractivity contribution is 14.1. The molecule has 0 fully saturated rings. The second kappa shape index (κ2) is 5.29. The predicted octanol–water partition coefficient (Wildman–Crippen LogP) is 2.30. The van der Waals surface area contributed by atoms with Crippen molar-refractivity contribution in [3.63, 3.8) is 0 Å². The van der Waals surface area contributed by atoms with E-state index >= 15 is 0 Å². The van der Waals surface area contributed by atoms with E-state index in [4.69, 9.17) is 0 Å². The summed E-state index contributed by atoms with van der Waals surface area (Å²) < 4.78 is 13.8. The largest absolute Gasteiger partial charge is 0.351 e. The van der Waals surface area contributed by atoms with E-state index in [1.165, 1.54) is 12.1 Å². The van der Waals surface area contributed by atoms with Crippen LogP contribution in [0.2, 0.25) is 0 Å². The first-order chi connectivity index (χ1) is 6.63. The fourth-order valence-electron chi connectivity index (χ4n) is 1.13. The molecule has 0 heterocycles. The van der Waals surface area contributed by atoms with Crippen LogP contribution in [-0.4, -0.2) is 16.9 Å². The van der Waals surface area contributed by atoms with E-state index in [0.29, 0.717) is 12.1 Å². The highest BCUT2D eigenvalue weighted by Gasteiger charge is 2.06. The minimum absolute atomic E-state index is 0.218. The molecule has 0 aliphatic rings. The standard InChI is InChI=1S/C10H11FINO/c1-7-4-8(6-9(11)5-7)10(14)13-3-2-12/h4-6H,2-3H2,1H3,(H,13,14). The van der Waals surface area contributed by atoms with Crippen LogP contribution in [0.4, 0.5) is 4.39 Å². The fourth-order valence-corrected chi connectivity index (χ4v) is 1.40. The fraction of sp³-hybridized carbons (Fsp3) is 0.300. The molecule has 0 aliphatic carbocycles. The van der Waals surface area contributed by atoms with Gasteiger partial charge in [-0.05, 0) is 30.7 Å². The predicted molar refractivity (Wildman–Crippen MR) is 62.4 cm³/mol. The summed E-state index contributed by atoms with van der Waals surface area (Å²) in [5.74, 6) is -0.589. The molecule has 0 saturated heterocycles. The summed E-state index contributed by atoms with van der Waals surface area (Å²) in [5, 5.41) is 2.69. The van der Waals surface area contributed by atoms with Gasteiger partial charge in [0.1, 0.15) is 5.82 Å². The van der Waals surface area contributed by atoms with Gasteiger partial charge in [0, 0.05) is 16.5 Å². The highest BCUT2D eigenvalue weighted by atomic mass is 127. The maximum absolute atomic E-state index is 12.9. The van der Waals surface area contributed by atoms with E-state index in [0.717, 1.165) is 9.99 Å². The number of halogens is 2. The average Bonchev–Trinajstić information content (AvgIpc) is 2.12. The zero-order chi connectivity index (χ0) is 10.6. The lowest BCUT2D eigenvalue weighted by atomic mass is 10.1. The van der Waals surface area contributed by atoms with Gasteiger partial charge < -0.3 is 5.32 Å². The Labute approximate surface area is 96.0 Å². The zero-order valence-electron chi connectivity index (χ0n) is 7.81. The van der Waals surface area contributed by atoms with Gasteiger partial charge in [-0.1, -0.05) is 22.6 Å². The Morgan fingerprint density at radius 3 is 2.79 bits per heavy atom. The SMILES string of the molecule is Cc1cc(F)cc(C(=O)NCCI)c1.